The summed E-state index contributed by atoms with van der Waals surface area (Å²) >= 11 is 5.92. The van der Waals surface area contributed by atoms with Crippen LogP contribution in [-0.4, -0.2) is 11.0 Å². The number of carbonyl (C=O) groups is 1. The van der Waals surface area contributed by atoms with Crippen LogP contribution < -0.4 is 11.1 Å². The van der Waals surface area contributed by atoms with Crippen molar-refractivity contribution in [3.05, 3.63) is 52.5 Å². The molecule has 2 rings (SSSR count). The number of phenols is 1. The van der Waals surface area contributed by atoms with Gasteiger partial charge in [-0.2, -0.15) is 0 Å². The number of hydrogen-bond acceptors (Lipinski definition) is 3. The van der Waals surface area contributed by atoms with Gasteiger partial charge in [-0.15, -0.1) is 0 Å². The van der Waals surface area contributed by atoms with Crippen molar-refractivity contribution in [3.8, 4) is 5.75 Å². The van der Waals surface area contributed by atoms with Crippen LogP contribution in [0, 0.1) is 6.92 Å². The van der Waals surface area contributed by atoms with E-state index in [1.807, 2.05) is 13.0 Å². The van der Waals surface area contributed by atoms with E-state index in [4.69, 9.17) is 17.3 Å². The molecular formula is C14H13ClN2O2. The van der Waals surface area contributed by atoms with Gasteiger partial charge in [0, 0.05) is 11.4 Å². The maximum Gasteiger partial charge on any atom is 0.257 e. The quantitative estimate of drug-likeness (QED) is 0.737. The summed E-state index contributed by atoms with van der Waals surface area (Å²) < 4.78 is 0. The lowest BCUT2D eigenvalue weighted by Crippen LogP contribution is -2.12. The minimum atomic E-state index is -0.399. The lowest BCUT2D eigenvalue weighted by atomic mass is 10.1. The van der Waals surface area contributed by atoms with Gasteiger partial charge in [0.25, 0.3) is 5.91 Å². The molecule has 0 aliphatic rings. The number of amides is 1. The van der Waals surface area contributed by atoms with Gasteiger partial charge in [-0.05, 0) is 42.8 Å². The molecule has 0 saturated heterocycles. The molecule has 1 amide bonds. The van der Waals surface area contributed by atoms with Gasteiger partial charge in [0.2, 0.25) is 0 Å². The van der Waals surface area contributed by atoms with Gasteiger partial charge in [-0.3, -0.25) is 4.79 Å². The van der Waals surface area contributed by atoms with Crippen LogP contribution in [0.1, 0.15) is 15.9 Å². The molecule has 0 atom stereocenters. The molecule has 0 fully saturated rings. The molecule has 2 aromatic carbocycles. The van der Waals surface area contributed by atoms with Crippen molar-refractivity contribution in [2.75, 3.05) is 11.1 Å². The number of carbonyl (C=O) groups excluding carboxylic acids is 1. The Labute approximate surface area is 115 Å². The Balaban J connectivity index is 2.25. The first-order valence-corrected chi connectivity index (χ1v) is 6.01. The zero-order valence-electron chi connectivity index (χ0n) is 10.3. The molecule has 2 aromatic rings. The number of nitrogens with one attached hydrogen (secondary N) is 1. The first-order valence-electron chi connectivity index (χ1n) is 5.63. The second-order valence-electron chi connectivity index (χ2n) is 4.19. The molecule has 5 heteroatoms. The van der Waals surface area contributed by atoms with Crippen LogP contribution in [0.5, 0.6) is 5.75 Å². The fraction of sp³-hybridized carbons (Fsp3) is 0.0714. The van der Waals surface area contributed by atoms with Gasteiger partial charge in [-0.25, -0.2) is 0 Å². The van der Waals surface area contributed by atoms with Gasteiger partial charge in [-0.1, -0.05) is 17.7 Å². The number of hydrogen-bond donors (Lipinski definition) is 3. The van der Waals surface area contributed by atoms with Gasteiger partial charge in [0.1, 0.15) is 5.75 Å². The van der Waals surface area contributed by atoms with Gasteiger partial charge in [0.15, 0.2) is 0 Å². The molecule has 0 heterocycles. The van der Waals surface area contributed by atoms with E-state index in [0.717, 1.165) is 5.56 Å². The minimum Gasteiger partial charge on any atom is -0.508 e. The minimum absolute atomic E-state index is 0.0158. The molecule has 0 bridgehead atoms. The van der Waals surface area contributed by atoms with Crippen molar-refractivity contribution in [3.63, 3.8) is 0 Å². The highest BCUT2D eigenvalue weighted by Crippen LogP contribution is 2.23. The van der Waals surface area contributed by atoms with Crippen LogP contribution in [0.3, 0.4) is 0 Å². The summed E-state index contributed by atoms with van der Waals surface area (Å²) in [5.41, 5.74) is 8.09. The third-order valence-corrected chi connectivity index (χ3v) is 3.06. The van der Waals surface area contributed by atoms with E-state index in [1.54, 1.807) is 12.1 Å². The fourth-order valence-electron chi connectivity index (χ4n) is 1.60. The maximum absolute atomic E-state index is 12.0. The largest absolute Gasteiger partial charge is 0.508 e. The normalized spacial score (nSPS) is 10.2. The van der Waals surface area contributed by atoms with Gasteiger partial charge in [0.05, 0.1) is 10.6 Å². The first-order chi connectivity index (χ1) is 8.97. The number of halogens is 1. The maximum atomic E-state index is 12.0. The number of anilines is 2. The Morgan fingerprint density at radius 3 is 2.68 bits per heavy atom. The van der Waals surface area contributed by atoms with Crippen LogP contribution in [0.25, 0.3) is 0 Å². The number of rotatable bonds is 2. The Morgan fingerprint density at radius 1 is 1.26 bits per heavy atom. The third kappa shape index (κ3) is 2.98. The SMILES string of the molecule is Cc1ccc(NC(=O)c2cc(O)ccc2Cl)cc1N. The average molecular weight is 277 g/mol. The van der Waals surface area contributed by atoms with Crippen LogP contribution in [-0.2, 0) is 0 Å². The average Bonchev–Trinajstić information content (AvgIpc) is 2.36. The van der Waals surface area contributed by atoms with Crippen molar-refractivity contribution in [2.24, 2.45) is 0 Å². The van der Waals surface area contributed by atoms with Crippen LogP contribution in [0.15, 0.2) is 36.4 Å². The zero-order chi connectivity index (χ0) is 14.0. The van der Waals surface area contributed by atoms with E-state index < -0.39 is 5.91 Å². The number of phenolic OH excluding ortho intramolecular Hbond substituents is 1. The molecular weight excluding hydrogens is 264 g/mol. The monoisotopic (exact) mass is 276 g/mol. The van der Waals surface area contributed by atoms with Crippen LogP contribution in [0.2, 0.25) is 5.02 Å². The highest BCUT2D eigenvalue weighted by Gasteiger charge is 2.11. The topological polar surface area (TPSA) is 75.3 Å². The molecule has 0 spiro atoms. The highest BCUT2D eigenvalue weighted by atomic mass is 35.5. The summed E-state index contributed by atoms with van der Waals surface area (Å²) in [7, 11) is 0. The van der Waals surface area contributed by atoms with Gasteiger partial charge >= 0.3 is 0 Å². The van der Waals surface area contributed by atoms with E-state index >= 15 is 0 Å². The smallest absolute Gasteiger partial charge is 0.257 e. The predicted octanol–water partition coefficient (Wildman–Crippen LogP) is 3.19. The highest BCUT2D eigenvalue weighted by molar-refractivity contribution is 6.34. The zero-order valence-corrected chi connectivity index (χ0v) is 11.0. The van der Waals surface area contributed by atoms with Crippen LogP contribution in [0.4, 0.5) is 11.4 Å². The number of nitrogen functional groups attached to an aromatic ring is 1. The molecule has 0 aromatic heterocycles. The molecule has 19 heavy (non-hydrogen) atoms. The summed E-state index contributed by atoms with van der Waals surface area (Å²) in [5.74, 6) is -0.415. The van der Waals surface area contributed by atoms with Crippen molar-refractivity contribution in [2.45, 2.75) is 6.92 Å². The van der Waals surface area contributed by atoms with Gasteiger partial charge < -0.3 is 16.2 Å². The van der Waals surface area contributed by atoms with Crippen LogP contribution >= 0.6 is 11.6 Å². The predicted molar refractivity (Wildman–Crippen MR) is 76.7 cm³/mol. The molecule has 98 valence electrons. The third-order valence-electron chi connectivity index (χ3n) is 2.73. The van der Waals surface area contributed by atoms with Crippen molar-refractivity contribution in [1.29, 1.82) is 0 Å². The molecule has 0 radical (unpaired) electrons. The van der Waals surface area contributed by atoms with E-state index in [1.165, 1.54) is 18.2 Å². The first kappa shape index (κ1) is 13.2. The van der Waals surface area contributed by atoms with Crippen molar-refractivity contribution in [1.82, 2.24) is 0 Å². The Bertz CT molecular complexity index is 641. The molecule has 0 unspecified atom stereocenters. The fourth-order valence-corrected chi connectivity index (χ4v) is 1.81. The van der Waals surface area contributed by atoms with Crippen molar-refractivity contribution >= 4 is 28.9 Å². The Kier molecular flexibility index (Phi) is 3.62. The second kappa shape index (κ2) is 5.20. The molecule has 0 aliphatic carbocycles. The summed E-state index contributed by atoms with van der Waals surface area (Å²) in [6.45, 7) is 1.88. The number of aryl methyl sites for hydroxylation is 1. The molecule has 4 N–H and O–H groups in total. The number of aromatic hydroxyl groups is 1. The summed E-state index contributed by atoms with van der Waals surface area (Å²) in [6, 6.07) is 9.44. The number of benzene rings is 2. The Morgan fingerprint density at radius 2 is 2.00 bits per heavy atom. The van der Waals surface area contributed by atoms with Crippen molar-refractivity contribution < 1.29 is 9.90 Å². The number of nitrogens with two attached hydrogens (primary N) is 1. The lowest BCUT2D eigenvalue weighted by Gasteiger charge is -2.09. The summed E-state index contributed by atoms with van der Waals surface area (Å²) in [4.78, 5) is 12.0. The molecule has 4 nitrogen and oxygen atoms in total. The summed E-state index contributed by atoms with van der Waals surface area (Å²) in [6.07, 6.45) is 0. The van der Waals surface area contributed by atoms with E-state index in [9.17, 15) is 9.90 Å². The lowest BCUT2D eigenvalue weighted by molar-refractivity contribution is 0.102. The molecule has 0 saturated carbocycles. The van der Waals surface area contributed by atoms with E-state index in [0.29, 0.717) is 11.4 Å². The summed E-state index contributed by atoms with van der Waals surface area (Å²) in [5, 5.41) is 12.3. The standard InChI is InChI=1S/C14H13ClN2O2/c1-8-2-3-9(6-13(8)16)17-14(19)11-7-10(18)4-5-12(11)15/h2-7,18H,16H2,1H3,(H,17,19). The Hall–Kier alpha value is -2.20. The molecule has 0 aliphatic heterocycles. The van der Waals surface area contributed by atoms with E-state index in [2.05, 4.69) is 5.32 Å². The second-order valence-corrected chi connectivity index (χ2v) is 4.60. The van der Waals surface area contributed by atoms with E-state index in [-0.39, 0.29) is 16.3 Å².